The largest absolute Gasteiger partial charge is 0.357 e. The molecule has 0 bridgehead atoms. The number of aromatic nitrogens is 2. The fourth-order valence-electron chi connectivity index (χ4n) is 3.83. The van der Waals surface area contributed by atoms with E-state index < -0.39 is 0 Å². The first kappa shape index (κ1) is 15.4. The van der Waals surface area contributed by atoms with Gasteiger partial charge in [0.05, 0.1) is 12.2 Å². The second-order valence-electron chi connectivity index (χ2n) is 6.97. The van der Waals surface area contributed by atoms with E-state index >= 15 is 0 Å². The van der Waals surface area contributed by atoms with Gasteiger partial charge in [0.15, 0.2) is 5.96 Å². The first-order valence-corrected chi connectivity index (χ1v) is 8.57. The summed E-state index contributed by atoms with van der Waals surface area (Å²) in [7, 11) is 2.00. The fourth-order valence-corrected chi connectivity index (χ4v) is 3.83. The monoisotopic (exact) mass is 303 g/mol. The maximum absolute atomic E-state index is 4.90. The highest BCUT2D eigenvalue weighted by Gasteiger charge is 2.43. The Bertz CT molecular complexity index is 568. The van der Waals surface area contributed by atoms with Gasteiger partial charge in [-0.1, -0.05) is 6.42 Å². The molecule has 1 spiro atoms. The van der Waals surface area contributed by atoms with E-state index in [9.17, 15) is 0 Å². The van der Waals surface area contributed by atoms with Gasteiger partial charge in [0, 0.05) is 37.9 Å². The number of aryl methyl sites for hydroxylation is 2. The van der Waals surface area contributed by atoms with Crippen LogP contribution in [0.3, 0.4) is 0 Å². The summed E-state index contributed by atoms with van der Waals surface area (Å²) >= 11 is 0. The van der Waals surface area contributed by atoms with Crippen molar-refractivity contribution in [1.29, 1.82) is 0 Å². The third-order valence-corrected chi connectivity index (χ3v) is 5.53. The number of aliphatic imine (C=N–C) groups is 1. The molecule has 2 fully saturated rings. The Morgan fingerprint density at radius 3 is 2.59 bits per heavy atom. The number of nitrogens with one attached hydrogen (secondary N) is 1. The SMILES string of the molecule is CCNC(=NCc1c(C)nn(C)c1C)N1CCC2(CCC2)C1. The average molecular weight is 303 g/mol. The van der Waals surface area contributed by atoms with E-state index in [0.29, 0.717) is 5.41 Å². The molecule has 122 valence electrons. The van der Waals surface area contributed by atoms with E-state index in [0.717, 1.165) is 31.3 Å². The van der Waals surface area contributed by atoms with Gasteiger partial charge in [-0.3, -0.25) is 4.68 Å². The minimum Gasteiger partial charge on any atom is -0.357 e. The van der Waals surface area contributed by atoms with Crippen LogP contribution in [-0.4, -0.2) is 40.3 Å². The molecule has 5 heteroatoms. The van der Waals surface area contributed by atoms with Crippen molar-refractivity contribution in [3.63, 3.8) is 0 Å². The molecule has 2 heterocycles. The van der Waals surface area contributed by atoms with Crippen molar-refractivity contribution in [3.05, 3.63) is 17.0 Å². The summed E-state index contributed by atoms with van der Waals surface area (Å²) in [6.45, 7) is 10.3. The van der Waals surface area contributed by atoms with Crippen LogP contribution in [0.4, 0.5) is 0 Å². The van der Waals surface area contributed by atoms with Gasteiger partial charge in [-0.25, -0.2) is 4.99 Å². The van der Waals surface area contributed by atoms with Crippen LogP contribution in [0.25, 0.3) is 0 Å². The van der Waals surface area contributed by atoms with Crippen molar-refractivity contribution in [2.24, 2.45) is 17.5 Å². The summed E-state index contributed by atoms with van der Waals surface area (Å²) in [4.78, 5) is 7.36. The lowest BCUT2D eigenvalue weighted by Crippen LogP contribution is -2.42. The predicted molar refractivity (Wildman–Crippen MR) is 90.0 cm³/mol. The molecule has 1 aromatic rings. The van der Waals surface area contributed by atoms with Gasteiger partial charge in [0.1, 0.15) is 0 Å². The number of hydrogen-bond donors (Lipinski definition) is 1. The maximum atomic E-state index is 4.90. The van der Waals surface area contributed by atoms with Crippen LogP contribution in [0.15, 0.2) is 4.99 Å². The van der Waals surface area contributed by atoms with Crippen molar-refractivity contribution in [3.8, 4) is 0 Å². The van der Waals surface area contributed by atoms with Gasteiger partial charge in [-0.15, -0.1) is 0 Å². The molecule has 0 unspecified atom stereocenters. The van der Waals surface area contributed by atoms with E-state index in [1.165, 1.54) is 43.5 Å². The van der Waals surface area contributed by atoms with Crippen molar-refractivity contribution in [2.45, 2.75) is 53.0 Å². The van der Waals surface area contributed by atoms with Gasteiger partial charge in [-0.05, 0) is 45.4 Å². The third-order valence-electron chi connectivity index (χ3n) is 5.53. The van der Waals surface area contributed by atoms with Crippen molar-refractivity contribution >= 4 is 5.96 Å². The highest BCUT2D eigenvalue weighted by molar-refractivity contribution is 5.80. The molecule has 1 N–H and O–H groups in total. The van der Waals surface area contributed by atoms with E-state index in [1.807, 2.05) is 11.7 Å². The average Bonchev–Trinajstić information content (AvgIpc) is 2.99. The van der Waals surface area contributed by atoms with Gasteiger partial charge >= 0.3 is 0 Å². The summed E-state index contributed by atoms with van der Waals surface area (Å²) in [5.74, 6) is 1.08. The molecule has 0 atom stereocenters. The highest BCUT2D eigenvalue weighted by atomic mass is 15.3. The van der Waals surface area contributed by atoms with E-state index in [2.05, 4.69) is 36.1 Å². The van der Waals surface area contributed by atoms with Crippen molar-refractivity contribution in [2.75, 3.05) is 19.6 Å². The number of likely N-dealkylation sites (tertiary alicyclic amines) is 1. The van der Waals surface area contributed by atoms with Gasteiger partial charge in [0.25, 0.3) is 0 Å². The summed E-state index contributed by atoms with van der Waals surface area (Å²) in [6, 6.07) is 0. The van der Waals surface area contributed by atoms with Crippen LogP contribution in [0.5, 0.6) is 0 Å². The molecule has 1 aliphatic heterocycles. The number of guanidine groups is 1. The first-order valence-electron chi connectivity index (χ1n) is 8.57. The van der Waals surface area contributed by atoms with Gasteiger partial charge < -0.3 is 10.2 Å². The normalized spacial score (nSPS) is 20.5. The second kappa shape index (κ2) is 5.94. The Labute approximate surface area is 133 Å². The highest BCUT2D eigenvalue weighted by Crippen LogP contribution is 2.47. The lowest BCUT2D eigenvalue weighted by molar-refractivity contribution is 0.151. The fraction of sp³-hybridized carbons (Fsp3) is 0.765. The molecular weight excluding hydrogens is 274 g/mol. The molecule has 3 rings (SSSR count). The molecular formula is C17H29N5. The number of nitrogens with zero attached hydrogens (tertiary/aromatic N) is 4. The molecule has 0 amide bonds. The minimum absolute atomic E-state index is 0.607. The summed E-state index contributed by atoms with van der Waals surface area (Å²) in [5.41, 5.74) is 4.18. The number of hydrogen-bond acceptors (Lipinski definition) is 2. The minimum atomic E-state index is 0.607. The molecule has 0 aromatic carbocycles. The summed E-state index contributed by atoms with van der Waals surface area (Å²) in [5, 5.41) is 7.97. The van der Waals surface area contributed by atoms with Crippen molar-refractivity contribution < 1.29 is 0 Å². The zero-order valence-electron chi connectivity index (χ0n) is 14.4. The van der Waals surface area contributed by atoms with Crippen LogP contribution in [0.1, 0.15) is 49.6 Å². The van der Waals surface area contributed by atoms with Gasteiger partial charge in [-0.2, -0.15) is 5.10 Å². The Morgan fingerprint density at radius 2 is 2.09 bits per heavy atom. The Balaban J connectivity index is 1.73. The molecule has 2 aliphatic rings. The molecule has 1 aromatic heterocycles. The van der Waals surface area contributed by atoms with Crippen LogP contribution in [0, 0.1) is 19.3 Å². The molecule has 1 aliphatic carbocycles. The summed E-state index contributed by atoms with van der Waals surface area (Å²) in [6.07, 6.45) is 5.56. The number of rotatable bonds is 3. The van der Waals surface area contributed by atoms with Crippen molar-refractivity contribution in [1.82, 2.24) is 20.0 Å². The molecule has 1 saturated heterocycles. The molecule has 22 heavy (non-hydrogen) atoms. The topological polar surface area (TPSA) is 45.5 Å². The molecule has 1 saturated carbocycles. The van der Waals surface area contributed by atoms with Crippen LogP contribution < -0.4 is 5.32 Å². The van der Waals surface area contributed by atoms with Crippen LogP contribution in [0.2, 0.25) is 0 Å². The smallest absolute Gasteiger partial charge is 0.194 e. The predicted octanol–water partition coefficient (Wildman–Crippen LogP) is 2.38. The second-order valence-corrected chi connectivity index (χ2v) is 6.97. The summed E-state index contributed by atoms with van der Waals surface area (Å²) < 4.78 is 1.95. The quantitative estimate of drug-likeness (QED) is 0.689. The molecule has 5 nitrogen and oxygen atoms in total. The van der Waals surface area contributed by atoms with Crippen LogP contribution in [-0.2, 0) is 13.6 Å². The molecule has 0 radical (unpaired) electrons. The zero-order valence-corrected chi connectivity index (χ0v) is 14.4. The third kappa shape index (κ3) is 2.73. The maximum Gasteiger partial charge on any atom is 0.194 e. The standard InChI is InChI=1S/C17H29N5/c1-5-18-16(22-10-9-17(12-22)7-6-8-17)19-11-15-13(2)20-21(4)14(15)3/h5-12H2,1-4H3,(H,18,19). The van der Waals surface area contributed by atoms with E-state index in [1.54, 1.807) is 0 Å². The first-order chi connectivity index (χ1) is 10.5. The Hall–Kier alpha value is -1.52. The van der Waals surface area contributed by atoms with E-state index in [4.69, 9.17) is 4.99 Å². The zero-order chi connectivity index (χ0) is 15.7. The van der Waals surface area contributed by atoms with E-state index in [-0.39, 0.29) is 0 Å². The lowest BCUT2D eigenvalue weighted by atomic mass is 9.68. The van der Waals surface area contributed by atoms with Gasteiger partial charge in [0.2, 0.25) is 0 Å². The lowest BCUT2D eigenvalue weighted by Gasteiger charge is -2.38. The van der Waals surface area contributed by atoms with Crippen LogP contribution >= 0.6 is 0 Å². The Kier molecular flexibility index (Phi) is 4.15. The Morgan fingerprint density at radius 1 is 1.32 bits per heavy atom.